The number of hydrogen-bond acceptors (Lipinski definition) is 5. The van der Waals surface area contributed by atoms with E-state index in [4.69, 9.17) is 14.2 Å². The molecule has 0 bridgehead atoms. The molecule has 2 aliphatic rings. The van der Waals surface area contributed by atoms with Crippen molar-refractivity contribution in [3.8, 4) is 5.75 Å². The fourth-order valence-corrected chi connectivity index (χ4v) is 3.98. The summed E-state index contributed by atoms with van der Waals surface area (Å²) in [6, 6.07) is 2.92. The van der Waals surface area contributed by atoms with Crippen molar-refractivity contribution in [1.82, 2.24) is 9.80 Å². The molecule has 0 radical (unpaired) electrons. The van der Waals surface area contributed by atoms with Crippen LogP contribution in [0.2, 0.25) is 0 Å². The number of rotatable bonds is 8. The molecule has 0 spiro atoms. The van der Waals surface area contributed by atoms with Crippen LogP contribution in [0.15, 0.2) is 18.2 Å². The van der Waals surface area contributed by atoms with E-state index in [0.717, 1.165) is 90.1 Å². The normalized spacial score (nSPS) is 22.6. The zero-order chi connectivity index (χ0) is 21.3. The van der Waals surface area contributed by atoms with Crippen LogP contribution >= 0.6 is 0 Å². The largest absolute Gasteiger partial charge is 0.415 e. The highest BCUT2D eigenvalue weighted by molar-refractivity contribution is 5.70. The van der Waals surface area contributed by atoms with Gasteiger partial charge in [-0.25, -0.2) is 13.6 Å². The highest BCUT2D eigenvalue weighted by Gasteiger charge is 2.28. The van der Waals surface area contributed by atoms with Gasteiger partial charge in [0.25, 0.3) is 0 Å². The van der Waals surface area contributed by atoms with Crippen molar-refractivity contribution >= 4 is 6.09 Å². The van der Waals surface area contributed by atoms with E-state index in [0.29, 0.717) is 6.07 Å². The lowest BCUT2D eigenvalue weighted by molar-refractivity contribution is 0.00726. The highest BCUT2D eigenvalue weighted by atomic mass is 19.1. The van der Waals surface area contributed by atoms with E-state index in [1.807, 2.05) is 0 Å². The van der Waals surface area contributed by atoms with Gasteiger partial charge in [0.2, 0.25) is 0 Å². The summed E-state index contributed by atoms with van der Waals surface area (Å²) in [5, 5.41) is 0. The molecule has 30 heavy (non-hydrogen) atoms. The Balaban J connectivity index is 1.30. The molecule has 0 N–H and O–H groups in total. The van der Waals surface area contributed by atoms with Gasteiger partial charge in [-0.2, -0.15) is 0 Å². The van der Waals surface area contributed by atoms with E-state index in [9.17, 15) is 13.6 Å². The molecule has 168 valence electrons. The first-order valence-corrected chi connectivity index (χ1v) is 10.8. The van der Waals surface area contributed by atoms with Gasteiger partial charge < -0.3 is 19.1 Å². The van der Waals surface area contributed by atoms with E-state index in [2.05, 4.69) is 4.90 Å². The summed E-state index contributed by atoms with van der Waals surface area (Å²) in [6.45, 7) is 5.58. The van der Waals surface area contributed by atoms with Crippen LogP contribution in [-0.4, -0.2) is 74.5 Å². The number of ether oxygens (including phenoxy) is 3. The summed E-state index contributed by atoms with van der Waals surface area (Å²) < 4.78 is 43.1. The van der Waals surface area contributed by atoms with Crippen LogP contribution in [0.3, 0.4) is 0 Å². The molecule has 0 atom stereocenters. The lowest BCUT2D eigenvalue weighted by Gasteiger charge is -2.34. The number of nitrogens with zero attached hydrogens (tertiary/aromatic N) is 2. The van der Waals surface area contributed by atoms with Crippen molar-refractivity contribution < 1.29 is 27.8 Å². The van der Waals surface area contributed by atoms with Gasteiger partial charge in [-0.1, -0.05) is 0 Å². The topological polar surface area (TPSA) is 51.2 Å². The van der Waals surface area contributed by atoms with Crippen LogP contribution in [0.5, 0.6) is 5.75 Å². The molecule has 1 aliphatic carbocycles. The molecule has 2 fully saturated rings. The summed E-state index contributed by atoms with van der Waals surface area (Å²) in [6.07, 6.45) is 5.17. The predicted octanol–water partition coefficient (Wildman–Crippen LogP) is 3.84. The second-order valence-electron chi connectivity index (χ2n) is 8.02. The third kappa shape index (κ3) is 6.89. The third-order valence-electron chi connectivity index (χ3n) is 5.90. The maximum Gasteiger partial charge on any atom is 0.415 e. The standard InChI is InChI=1S/C22H32F2N2O4/c1-25(22(27)30-21-9-4-17(23)16-20(21)24)18-5-7-19(8-6-18)29-13-3-2-10-26-11-14-28-15-12-26/h4,9,16,18-19H,2-3,5-8,10-15H2,1H3/t18-,19-. The molecule has 1 aromatic rings. The fraction of sp³-hybridized carbons (Fsp3) is 0.682. The predicted molar refractivity (Wildman–Crippen MR) is 109 cm³/mol. The van der Waals surface area contributed by atoms with Crippen LogP contribution in [0.1, 0.15) is 38.5 Å². The smallest absolute Gasteiger partial charge is 0.407 e. The number of carbonyl (C=O) groups is 1. The second kappa shape index (κ2) is 11.6. The summed E-state index contributed by atoms with van der Waals surface area (Å²) >= 11 is 0. The van der Waals surface area contributed by atoms with Gasteiger partial charge in [-0.05, 0) is 57.2 Å². The number of halogens is 2. The minimum absolute atomic E-state index is 0.0298. The molecule has 1 amide bonds. The molecule has 8 heteroatoms. The van der Waals surface area contributed by atoms with Crippen molar-refractivity contribution in [2.45, 2.75) is 50.7 Å². The summed E-state index contributed by atoms with van der Waals surface area (Å²) in [5.74, 6) is -1.86. The first-order chi connectivity index (χ1) is 14.5. The van der Waals surface area contributed by atoms with Gasteiger partial charge >= 0.3 is 6.09 Å². The van der Waals surface area contributed by atoms with Gasteiger partial charge in [0.05, 0.1) is 19.3 Å². The minimum atomic E-state index is -0.887. The zero-order valence-electron chi connectivity index (χ0n) is 17.7. The van der Waals surface area contributed by atoms with Crippen LogP contribution in [0.25, 0.3) is 0 Å². The minimum Gasteiger partial charge on any atom is -0.407 e. The maximum absolute atomic E-state index is 13.7. The van der Waals surface area contributed by atoms with E-state index in [-0.39, 0.29) is 17.9 Å². The van der Waals surface area contributed by atoms with Gasteiger partial charge in [0, 0.05) is 38.9 Å². The number of carbonyl (C=O) groups excluding carboxylic acids is 1. The third-order valence-corrected chi connectivity index (χ3v) is 5.90. The average Bonchev–Trinajstić information content (AvgIpc) is 2.76. The molecule has 0 aromatic heterocycles. The van der Waals surface area contributed by atoms with Crippen LogP contribution in [0, 0.1) is 11.6 Å². The van der Waals surface area contributed by atoms with E-state index < -0.39 is 17.7 Å². The molecular weight excluding hydrogens is 394 g/mol. The van der Waals surface area contributed by atoms with Crippen molar-refractivity contribution in [3.05, 3.63) is 29.8 Å². The Hall–Kier alpha value is -1.77. The Kier molecular flexibility index (Phi) is 8.84. The van der Waals surface area contributed by atoms with Gasteiger partial charge in [0.15, 0.2) is 11.6 Å². The molecule has 0 unspecified atom stereocenters. The number of morpholine rings is 1. The summed E-state index contributed by atoms with van der Waals surface area (Å²) in [4.78, 5) is 16.2. The number of amides is 1. The van der Waals surface area contributed by atoms with E-state index in [1.54, 1.807) is 7.05 Å². The number of benzene rings is 1. The quantitative estimate of drug-likeness (QED) is 0.592. The first-order valence-electron chi connectivity index (χ1n) is 10.8. The lowest BCUT2D eigenvalue weighted by atomic mass is 9.92. The molecule has 1 saturated carbocycles. The molecule has 1 heterocycles. The SMILES string of the molecule is CN(C(=O)Oc1ccc(F)cc1F)[C@H]1CC[C@H](OCCCCN2CCOCC2)CC1. The molecule has 1 aromatic carbocycles. The van der Waals surface area contributed by atoms with Crippen LogP contribution < -0.4 is 4.74 Å². The number of unbranched alkanes of at least 4 members (excludes halogenated alkanes) is 1. The number of hydrogen-bond donors (Lipinski definition) is 0. The summed E-state index contributed by atoms with van der Waals surface area (Å²) in [7, 11) is 1.65. The first kappa shape index (κ1) is 22.9. The van der Waals surface area contributed by atoms with Crippen molar-refractivity contribution in [2.24, 2.45) is 0 Å². The van der Waals surface area contributed by atoms with Gasteiger partial charge in [0.1, 0.15) is 5.82 Å². The lowest BCUT2D eigenvalue weighted by Crippen LogP contribution is -2.42. The summed E-state index contributed by atoms with van der Waals surface area (Å²) in [5.41, 5.74) is 0. The van der Waals surface area contributed by atoms with Crippen molar-refractivity contribution in [2.75, 3.05) is 46.5 Å². The van der Waals surface area contributed by atoms with Gasteiger partial charge in [-0.3, -0.25) is 4.90 Å². The average molecular weight is 427 g/mol. The maximum atomic E-state index is 13.7. The molecule has 1 saturated heterocycles. The second-order valence-corrected chi connectivity index (χ2v) is 8.02. The van der Waals surface area contributed by atoms with Crippen molar-refractivity contribution in [3.63, 3.8) is 0 Å². The fourth-order valence-electron chi connectivity index (χ4n) is 3.98. The van der Waals surface area contributed by atoms with Crippen LogP contribution in [-0.2, 0) is 9.47 Å². The van der Waals surface area contributed by atoms with E-state index >= 15 is 0 Å². The monoisotopic (exact) mass is 426 g/mol. The highest BCUT2D eigenvalue weighted by Crippen LogP contribution is 2.26. The molecule has 1 aliphatic heterocycles. The van der Waals surface area contributed by atoms with Crippen LogP contribution in [0.4, 0.5) is 13.6 Å². The Labute approximate surface area is 177 Å². The zero-order valence-corrected chi connectivity index (χ0v) is 17.7. The van der Waals surface area contributed by atoms with E-state index in [1.165, 1.54) is 4.90 Å². The molecule has 3 rings (SSSR count). The molecular formula is C22H32F2N2O4. The Morgan fingerprint density at radius 2 is 1.90 bits per heavy atom. The molecule has 6 nitrogen and oxygen atoms in total. The van der Waals surface area contributed by atoms with Gasteiger partial charge in [-0.15, -0.1) is 0 Å². The Bertz CT molecular complexity index is 677. The Morgan fingerprint density at radius 1 is 1.17 bits per heavy atom. The Morgan fingerprint density at radius 3 is 2.60 bits per heavy atom. The van der Waals surface area contributed by atoms with Crippen molar-refractivity contribution in [1.29, 1.82) is 0 Å².